The lowest BCUT2D eigenvalue weighted by molar-refractivity contribution is 0.0123. The molecule has 2 unspecified atom stereocenters. The molecule has 1 amide bonds. The summed E-state index contributed by atoms with van der Waals surface area (Å²) in [6, 6.07) is 7.32. The van der Waals surface area contributed by atoms with Crippen LogP contribution in [0.25, 0.3) is 0 Å². The smallest absolute Gasteiger partial charge is 0.407 e. The van der Waals surface area contributed by atoms with Crippen LogP contribution in [0.2, 0.25) is 0 Å². The van der Waals surface area contributed by atoms with Gasteiger partial charge < -0.3 is 20.3 Å². The zero-order valence-electron chi connectivity index (χ0n) is 13.1. The van der Waals surface area contributed by atoms with E-state index in [1.165, 1.54) is 0 Å². The second-order valence-electron chi connectivity index (χ2n) is 6.14. The van der Waals surface area contributed by atoms with E-state index in [0.29, 0.717) is 5.56 Å². The average Bonchev–Trinajstić information content (AvgIpc) is 2.36. The molecule has 3 N–H and O–H groups in total. The molecule has 0 heterocycles. The van der Waals surface area contributed by atoms with Crippen LogP contribution >= 0.6 is 0 Å². The zero-order valence-corrected chi connectivity index (χ0v) is 13.1. The Hall–Kier alpha value is -1.59. The molecule has 0 bridgehead atoms. The molecule has 118 valence electrons. The number of aryl methyl sites for hydroxylation is 1. The van der Waals surface area contributed by atoms with Gasteiger partial charge in [-0.3, -0.25) is 0 Å². The fraction of sp³-hybridized carbons (Fsp3) is 0.562. The van der Waals surface area contributed by atoms with Gasteiger partial charge in [0.2, 0.25) is 0 Å². The number of aliphatic hydroxyl groups excluding tert-OH is 2. The monoisotopic (exact) mass is 295 g/mol. The van der Waals surface area contributed by atoms with Gasteiger partial charge in [-0.25, -0.2) is 4.79 Å². The van der Waals surface area contributed by atoms with Crippen molar-refractivity contribution in [1.29, 1.82) is 0 Å². The van der Waals surface area contributed by atoms with Crippen LogP contribution in [0.3, 0.4) is 0 Å². The van der Waals surface area contributed by atoms with Crippen molar-refractivity contribution in [3.05, 3.63) is 35.4 Å². The number of aliphatic hydroxyl groups is 2. The topological polar surface area (TPSA) is 78.8 Å². The van der Waals surface area contributed by atoms with Crippen molar-refractivity contribution < 1.29 is 19.7 Å². The number of ether oxygens (including phenoxy) is 1. The Morgan fingerprint density at radius 3 is 2.33 bits per heavy atom. The highest BCUT2D eigenvalue weighted by Gasteiger charge is 2.19. The van der Waals surface area contributed by atoms with Crippen molar-refractivity contribution in [3.63, 3.8) is 0 Å². The Bertz CT molecular complexity index is 450. The summed E-state index contributed by atoms with van der Waals surface area (Å²) in [7, 11) is 0. The highest BCUT2D eigenvalue weighted by atomic mass is 16.6. The predicted octanol–water partition coefficient (Wildman–Crippen LogP) is 2.30. The highest BCUT2D eigenvalue weighted by molar-refractivity contribution is 5.67. The van der Waals surface area contributed by atoms with E-state index in [9.17, 15) is 15.0 Å². The predicted molar refractivity (Wildman–Crippen MR) is 81.0 cm³/mol. The van der Waals surface area contributed by atoms with Crippen molar-refractivity contribution in [2.75, 3.05) is 6.54 Å². The molecule has 0 saturated carbocycles. The Kier molecular flexibility index (Phi) is 6.18. The number of hydrogen-bond acceptors (Lipinski definition) is 4. The maximum Gasteiger partial charge on any atom is 0.407 e. The maximum absolute atomic E-state index is 11.4. The molecule has 0 fully saturated rings. The molecule has 1 aromatic rings. The third-order valence-corrected chi connectivity index (χ3v) is 2.89. The fourth-order valence-corrected chi connectivity index (χ4v) is 1.78. The van der Waals surface area contributed by atoms with Gasteiger partial charge in [-0.1, -0.05) is 29.8 Å². The van der Waals surface area contributed by atoms with Crippen LogP contribution < -0.4 is 5.32 Å². The first-order valence-corrected chi connectivity index (χ1v) is 7.08. The quantitative estimate of drug-likeness (QED) is 0.779. The third kappa shape index (κ3) is 6.60. The maximum atomic E-state index is 11.4. The molecule has 0 aliphatic carbocycles. The molecule has 0 spiro atoms. The van der Waals surface area contributed by atoms with E-state index in [-0.39, 0.29) is 13.0 Å². The summed E-state index contributed by atoms with van der Waals surface area (Å²) in [4.78, 5) is 11.4. The second kappa shape index (κ2) is 7.43. The molecular weight excluding hydrogens is 270 g/mol. The molecule has 21 heavy (non-hydrogen) atoms. The summed E-state index contributed by atoms with van der Waals surface area (Å²) in [5, 5.41) is 22.5. The number of alkyl carbamates (subject to hydrolysis) is 1. The van der Waals surface area contributed by atoms with Crippen LogP contribution in [-0.4, -0.2) is 34.6 Å². The first-order chi connectivity index (χ1) is 9.69. The molecule has 1 rings (SSSR count). The lowest BCUT2D eigenvalue weighted by Gasteiger charge is -2.21. The van der Waals surface area contributed by atoms with E-state index in [1.54, 1.807) is 32.9 Å². The van der Waals surface area contributed by atoms with Crippen LogP contribution in [0.4, 0.5) is 4.79 Å². The summed E-state index contributed by atoms with van der Waals surface area (Å²) in [5.41, 5.74) is 1.20. The van der Waals surface area contributed by atoms with E-state index in [1.807, 2.05) is 19.1 Å². The van der Waals surface area contributed by atoms with Crippen molar-refractivity contribution >= 4 is 6.09 Å². The van der Waals surface area contributed by atoms with Gasteiger partial charge >= 0.3 is 6.09 Å². The van der Waals surface area contributed by atoms with Gasteiger partial charge in [0.1, 0.15) is 11.7 Å². The Morgan fingerprint density at radius 1 is 1.24 bits per heavy atom. The van der Waals surface area contributed by atoms with E-state index in [0.717, 1.165) is 5.56 Å². The molecule has 5 heteroatoms. The number of nitrogens with one attached hydrogen (secondary N) is 1. The van der Waals surface area contributed by atoms with Gasteiger partial charge in [-0.05, 0) is 39.7 Å². The van der Waals surface area contributed by atoms with Crippen molar-refractivity contribution in [2.24, 2.45) is 0 Å². The minimum atomic E-state index is -0.967. The summed E-state index contributed by atoms with van der Waals surface area (Å²) in [6.07, 6.45) is -2.19. The lowest BCUT2D eigenvalue weighted by Crippen LogP contribution is -2.34. The van der Waals surface area contributed by atoms with Crippen molar-refractivity contribution in [1.82, 2.24) is 5.32 Å². The van der Waals surface area contributed by atoms with Crippen molar-refractivity contribution in [2.45, 2.75) is 51.9 Å². The molecule has 0 saturated heterocycles. The standard InChI is InChI=1S/C16H25NO4/c1-11-5-7-12(8-6-11)14(19)13(18)9-10-17-15(20)21-16(2,3)4/h5-8,13-14,18-19H,9-10H2,1-4H3,(H,17,20). The minimum absolute atomic E-state index is 0.235. The third-order valence-electron chi connectivity index (χ3n) is 2.89. The average molecular weight is 295 g/mol. The summed E-state index contributed by atoms with van der Waals surface area (Å²) in [6.45, 7) is 7.53. The SMILES string of the molecule is Cc1ccc(C(O)C(O)CCNC(=O)OC(C)(C)C)cc1. The van der Waals surface area contributed by atoms with Crippen LogP contribution in [0, 0.1) is 6.92 Å². The molecule has 0 radical (unpaired) electrons. The molecule has 5 nitrogen and oxygen atoms in total. The normalized spacial score (nSPS) is 14.4. The summed E-state index contributed by atoms with van der Waals surface area (Å²) in [5.74, 6) is 0. The van der Waals surface area contributed by atoms with E-state index >= 15 is 0 Å². The number of carbonyl (C=O) groups excluding carboxylic acids is 1. The van der Waals surface area contributed by atoms with Crippen LogP contribution in [0.15, 0.2) is 24.3 Å². The number of rotatable bonds is 5. The van der Waals surface area contributed by atoms with Gasteiger partial charge in [0.05, 0.1) is 6.10 Å². The molecule has 0 aliphatic heterocycles. The number of carbonyl (C=O) groups is 1. The van der Waals surface area contributed by atoms with E-state index in [2.05, 4.69) is 5.32 Å². The van der Waals surface area contributed by atoms with Gasteiger partial charge in [-0.15, -0.1) is 0 Å². The van der Waals surface area contributed by atoms with Gasteiger partial charge in [-0.2, -0.15) is 0 Å². The first kappa shape index (κ1) is 17.5. The van der Waals surface area contributed by atoms with Crippen LogP contribution in [0.1, 0.15) is 44.4 Å². The minimum Gasteiger partial charge on any atom is -0.444 e. The second-order valence-corrected chi connectivity index (χ2v) is 6.14. The number of hydrogen-bond donors (Lipinski definition) is 3. The first-order valence-electron chi connectivity index (χ1n) is 7.08. The molecule has 0 aliphatic rings. The summed E-state index contributed by atoms with van der Waals surface area (Å²) >= 11 is 0. The van der Waals surface area contributed by atoms with Crippen molar-refractivity contribution in [3.8, 4) is 0 Å². The zero-order chi connectivity index (χ0) is 16.0. The van der Waals surface area contributed by atoms with Gasteiger partial charge in [0, 0.05) is 6.54 Å². The van der Waals surface area contributed by atoms with Gasteiger partial charge in [0.15, 0.2) is 0 Å². The summed E-state index contributed by atoms with van der Waals surface area (Å²) < 4.78 is 5.08. The van der Waals surface area contributed by atoms with E-state index < -0.39 is 23.9 Å². The number of benzene rings is 1. The molecule has 1 aromatic carbocycles. The Morgan fingerprint density at radius 2 is 1.81 bits per heavy atom. The number of amides is 1. The van der Waals surface area contributed by atoms with E-state index in [4.69, 9.17) is 4.74 Å². The Balaban J connectivity index is 2.38. The molecular formula is C16H25NO4. The fourth-order valence-electron chi connectivity index (χ4n) is 1.78. The highest BCUT2D eigenvalue weighted by Crippen LogP contribution is 2.19. The molecule has 0 aromatic heterocycles. The molecule has 2 atom stereocenters. The van der Waals surface area contributed by atoms with Gasteiger partial charge in [0.25, 0.3) is 0 Å². The Labute approximate surface area is 125 Å². The lowest BCUT2D eigenvalue weighted by atomic mass is 10.0. The van der Waals surface area contributed by atoms with Crippen LogP contribution in [0.5, 0.6) is 0 Å². The van der Waals surface area contributed by atoms with Crippen LogP contribution in [-0.2, 0) is 4.74 Å². The largest absolute Gasteiger partial charge is 0.444 e.